The molecule has 4 nitrogen and oxygen atoms in total. The molecule has 0 aromatic rings. The molecule has 2 aliphatic heterocycles. The fourth-order valence-corrected chi connectivity index (χ4v) is 5.40. The summed E-state index contributed by atoms with van der Waals surface area (Å²) in [6, 6.07) is -0.0759. The average Bonchev–Trinajstić information content (AvgIpc) is 2.19. The van der Waals surface area contributed by atoms with E-state index in [1.54, 1.807) is 13.8 Å². The molecule has 2 saturated heterocycles. The van der Waals surface area contributed by atoms with E-state index in [4.69, 9.17) is 16.3 Å². The van der Waals surface area contributed by atoms with Gasteiger partial charge < -0.3 is 4.74 Å². The Kier molecular flexibility index (Phi) is 2.78. The lowest BCUT2D eigenvalue weighted by atomic mass is 10.0. The van der Waals surface area contributed by atoms with Crippen LogP contribution in [0.15, 0.2) is 0 Å². The van der Waals surface area contributed by atoms with Crippen LogP contribution in [0.25, 0.3) is 0 Å². The Bertz CT molecular complexity index is 348. The van der Waals surface area contributed by atoms with E-state index < -0.39 is 19.3 Å². The highest BCUT2D eigenvalue weighted by molar-refractivity contribution is 7.96. The highest BCUT2D eigenvalue weighted by Crippen LogP contribution is 2.45. The van der Waals surface area contributed by atoms with Gasteiger partial charge in [-0.25, -0.2) is 8.42 Å². The molecule has 0 aromatic heterocycles. The summed E-state index contributed by atoms with van der Waals surface area (Å²) in [5.41, 5.74) is 0. The maximum absolute atomic E-state index is 11.7. The topological polar surface area (TPSA) is 46.6 Å². The van der Waals surface area contributed by atoms with Crippen LogP contribution < -0.4 is 0 Å². The molecule has 6 heteroatoms. The normalized spacial score (nSPS) is 39.7. The van der Waals surface area contributed by atoms with E-state index in [1.165, 1.54) is 0 Å². The predicted octanol–water partition coefficient (Wildman–Crippen LogP) is 0.459. The van der Waals surface area contributed by atoms with Gasteiger partial charge in [-0.1, -0.05) is 0 Å². The van der Waals surface area contributed by atoms with Crippen molar-refractivity contribution in [3.63, 3.8) is 0 Å². The number of hydrogen-bond donors (Lipinski definition) is 0. The molecule has 2 fully saturated rings. The number of hydrogen-bond acceptors (Lipinski definition) is 4. The maximum atomic E-state index is 11.7. The zero-order valence-electron chi connectivity index (χ0n) is 8.94. The lowest BCUT2D eigenvalue weighted by molar-refractivity contribution is 0.00687. The number of rotatable bonds is 1. The Hall–Kier alpha value is 0.160. The van der Waals surface area contributed by atoms with Crippen molar-refractivity contribution in [2.75, 3.05) is 26.3 Å². The third-order valence-corrected chi connectivity index (χ3v) is 6.93. The first-order valence-electron chi connectivity index (χ1n) is 5.08. The Morgan fingerprint density at radius 2 is 1.87 bits per heavy atom. The van der Waals surface area contributed by atoms with Crippen molar-refractivity contribution in [1.29, 1.82) is 0 Å². The summed E-state index contributed by atoms with van der Waals surface area (Å²) in [4.78, 5) is 2.13. The molecule has 15 heavy (non-hydrogen) atoms. The maximum Gasteiger partial charge on any atom is 0.175 e. The molecule has 2 atom stereocenters. The van der Waals surface area contributed by atoms with Gasteiger partial charge in [0.2, 0.25) is 0 Å². The molecule has 0 amide bonds. The summed E-state index contributed by atoms with van der Waals surface area (Å²) < 4.78 is 27.2. The first-order chi connectivity index (χ1) is 6.89. The second-order valence-corrected chi connectivity index (χ2v) is 7.97. The lowest BCUT2D eigenvalue weighted by Gasteiger charge is -2.53. The second-order valence-electron chi connectivity index (χ2n) is 4.59. The van der Waals surface area contributed by atoms with Crippen LogP contribution >= 0.6 is 11.6 Å². The van der Waals surface area contributed by atoms with Crippen molar-refractivity contribution >= 4 is 21.4 Å². The number of alkyl halides is 1. The van der Waals surface area contributed by atoms with Gasteiger partial charge in [0.1, 0.15) is 0 Å². The molecule has 0 aliphatic carbocycles. The minimum Gasteiger partial charge on any atom is -0.379 e. The van der Waals surface area contributed by atoms with Crippen LogP contribution in [-0.4, -0.2) is 55.1 Å². The largest absolute Gasteiger partial charge is 0.379 e. The smallest absolute Gasteiger partial charge is 0.175 e. The molecule has 2 aliphatic rings. The Morgan fingerprint density at radius 3 is 2.33 bits per heavy atom. The van der Waals surface area contributed by atoms with Gasteiger partial charge in [-0.2, -0.15) is 0 Å². The minimum atomic E-state index is -3.15. The molecular formula is C9H16ClNO3S. The van der Waals surface area contributed by atoms with Gasteiger partial charge in [0, 0.05) is 13.1 Å². The van der Waals surface area contributed by atoms with E-state index in [0.29, 0.717) is 13.2 Å². The van der Waals surface area contributed by atoms with Crippen molar-refractivity contribution in [3.8, 4) is 0 Å². The number of morpholine rings is 1. The van der Waals surface area contributed by atoms with Crippen LogP contribution in [0.4, 0.5) is 0 Å². The zero-order valence-corrected chi connectivity index (χ0v) is 10.5. The van der Waals surface area contributed by atoms with Gasteiger partial charge in [-0.15, -0.1) is 11.6 Å². The molecule has 0 bridgehead atoms. The summed E-state index contributed by atoms with van der Waals surface area (Å²) in [6.07, 6.45) is 0. The fourth-order valence-electron chi connectivity index (χ4n) is 2.33. The molecule has 0 spiro atoms. The molecule has 2 heterocycles. The molecule has 0 saturated carbocycles. The van der Waals surface area contributed by atoms with E-state index >= 15 is 0 Å². The summed E-state index contributed by atoms with van der Waals surface area (Å²) in [6.45, 7) is 6.37. The van der Waals surface area contributed by atoms with E-state index in [2.05, 4.69) is 4.90 Å². The van der Waals surface area contributed by atoms with Gasteiger partial charge in [0.05, 0.1) is 24.0 Å². The standard InChI is InChI=1S/C9H16ClNO3S/c1-9(2)7(8(10)15(9,12)13)11-3-5-14-6-4-11/h7-8H,3-6H2,1-2H3/t7-,8+/m0/s1. The lowest BCUT2D eigenvalue weighted by Crippen LogP contribution is -2.71. The predicted molar refractivity (Wildman–Crippen MR) is 58.8 cm³/mol. The summed E-state index contributed by atoms with van der Waals surface area (Å²) in [5.74, 6) is 0. The number of nitrogens with zero attached hydrogens (tertiary/aromatic N) is 1. The molecule has 88 valence electrons. The molecule has 0 aromatic carbocycles. The van der Waals surface area contributed by atoms with Gasteiger partial charge in [-0.3, -0.25) is 4.90 Å². The van der Waals surface area contributed by atoms with Crippen LogP contribution in [0.2, 0.25) is 0 Å². The van der Waals surface area contributed by atoms with E-state index in [9.17, 15) is 8.42 Å². The van der Waals surface area contributed by atoms with Crippen molar-refractivity contribution in [3.05, 3.63) is 0 Å². The Morgan fingerprint density at radius 1 is 1.33 bits per heavy atom. The third kappa shape index (κ3) is 1.52. The van der Waals surface area contributed by atoms with E-state index in [-0.39, 0.29) is 6.04 Å². The Labute approximate surface area is 95.4 Å². The fraction of sp³-hybridized carbons (Fsp3) is 1.00. The third-order valence-electron chi connectivity index (χ3n) is 3.43. The summed E-state index contributed by atoms with van der Waals surface area (Å²) in [5, 5.41) is 0. The minimum absolute atomic E-state index is 0.0759. The quantitative estimate of drug-likeness (QED) is 0.637. The molecule has 2 rings (SSSR count). The molecular weight excluding hydrogens is 238 g/mol. The van der Waals surface area contributed by atoms with Gasteiger partial charge >= 0.3 is 0 Å². The number of halogens is 1. The first-order valence-corrected chi connectivity index (χ1v) is 7.06. The van der Waals surface area contributed by atoms with Gasteiger partial charge in [-0.05, 0) is 13.8 Å². The molecule has 0 radical (unpaired) electrons. The number of sulfone groups is 1. The van der Waals surface area contributed by atoms with Crippen LogP contribution in [-0.2, 0) is 14.6 Å². The van der Waals surface area contributed by atoms with Crippen LogP contribution in [0.1, 0.15) is 13.8 Å². The second kappa shape index (κ2) is 3.58. The summed E-state index contributed by atoms with van der Waals surface area (Å²) in [7, 11) is -3.15. The van der Waals surface area contributed by atoms with E-state index in [0.717, 1.165) is 13.1 Å². The SMILES string of the molecule is CC1(C)[C@@H](N2CCOCC2)[C@H](Cl)S1(=O)=O. The first kappa shape index (κ1) is 11.6. The van der Waals surface area contributed by atoms with Gasteiger partial charge in [0.25, 0.3) is 0 Å². The molecule has 0 N–H and O–H groups in total. The van der Waals surface area contributed by atoms with Gasteiger partial charge in [0.15, 0.2) is 14.5 Å². The number of ether oxygens (including phenoxy) is 1. The van der Waals surface area contributed by atoms with Crippen molar-refractivity contribution < 1.29 is 13.2 Å². The average molecular weight is 254 g/mol. The van der Waals surface area contributed by atoms with Crippen molar-refractivity contribution in [2.45, 2.75) is 29.3 Å². The monoisotopic (exact) mass is 253 g/mol. The van der Waals surface area contributed by atoms with Crippen LogP contribution in [0.3, 0.4) is 0 Å². The Balaban J connectivity index is 2.17. The molecule has 0 unspecified atom stereocenters. The summed E-state index contributed by atoms with van der Waals surface area (Å²) >= 11 is 5.95. The highest BCUT2D eigenvalue weighted by Gasteiger charge is 2.63. The van der Waals surface area contributed by atoms with E-state index in [1.807, 2.05) is 0 Å². The van der Waals surface area contributed by atoms with Crippen LogP contribution in [0, 0.1) is 0 Å². The highest BCUT2D eigenvalue weighted by atomic mass is 35.5. The zero-order chi connectivity index (χ0) is 11.3. The van der Waals surface area contributed by atoms with Crippen molar-refractivity contribution in [1.82, 2.24) is 4.90 Å². The van der Waals surface area contributed by atoms with Crippen LogP contribution in [0.5, 0.6) is 0 Å². The van der Waals surface area contributed by atoms with Crippen molar-refractivity contribution in [2.24, 2.45) is 0 Å².